The van der Waals surface area contributed by atoms with E-state index in [2.05, 4.69) is 14.9 Å². The van der Waals surface area contributed by atoms with Crippen LogP contribution in [-0.4, -0.2) is 22.6 Å². The first-order valence-electron chi connectivity index (χ1n) is 5.44. The van der Waals surface area contributed by atoms with Crippen LogP contribution in [0, 0.1) is 0 Å². The molecule has 0 unspecified atom stereocenters. The summed E-state index contributed by atoms with van der Waals surface area (Å²) >= 11 is 11.9. The van der Waals surface area contributed by atoms with Gasteiger partial charge in [0.05, 0.1) is 16.4 Å². The van der Waals surface area contributed by atoms with Crippen LogP contribution < -0.4 is 5.32 Å². The first kappa shape index (κ1) is 11.1. The van der Waals surface area contributed by atoms with Gasteiger partial charge in [-0.05, 0) is 18.2 Å². The fraction of sp³-hybridized carbons (Fsp3) is 0.250. The highest BCUT2D eigenvalue weighted by molar-refractivity contribution is 6.42. The molecule has 3 nitrogen and oxygen atoms in total. The standard InChI is InChI=1S/C12H11Cl2N3/c13-10-2-1-9(3-11(10)14)17-7-16-6-12(17)8-4-15-5-8/h1-3,6-8,15H,4-5H2. The van der Waals surface area contributed by atoms with Crippen molar-refractivity contribution in [3.05, 3.63) is 46.5 Å². The van der Waals surface area contributed by atoms with Gasteiger partial charge in [-0.1, -0.05) is 23.2 Å². The molecule has 3 rings (SSSR count). The average molecular weight is 268 g/mol. The van der Waals surface area contributed by atoms with Crippen molar-refractivity contribution in [2.24, 2.45) is 0 Å². The minimum atomic E-state index is 0.534. The van der Waals surface area contributed by atoms with Crippen LogP contribution in [0.15, 0.2) is 30.7 Å². The minimum Gasteiger partial charge on any atom is -0.315 e. The van der Waals surface area contributed by atoms with Crippen LogP contribution in [0.4, 0.5) is 0 Å². The van der Waals surface area contributed by atoms with Gasteiger partial charge in [0.15, 0.2) is 0 Å². The lowest BCUT2D eigenvalue weighted by Gasteiger charge is -2.27. The van der Waals surface area contributed by atoms with Crippen molar-refractivity contribution in [3.8, 4) is 5.69 Å². The van der Waals surface area contributed by atoms with Gasteiger partial charge in [-0.25, -0.2) is 4.98 Å². The maximum absolute atomic E-state index is 6.03. The SMILES string of the molecule is Clc1ccc(-n2cncc2C2CNC2)cc1Cl. The number of hydrogen-bond acceptors (Lipinski definition) is 2. The Kier molecular flexibility index (Phi) is 2.82. The molecule has 1 saturated heterocycles. The molecular weight excluding hydrogens is 257 g/mol. The van der Waals surface area contributed by atoms with Crippen LogP contribution in [0.5, 0.6) is 0 Å². The van der Waals surface area contributed by atoms with E-state index in [1.165, 1.54) is 5.69 Å². The minimum absolute atomic E-state index is 0.534. The van der Waals surface area contributed by atoms with Crippen LogP contribution in [0.2, 0.25) is 10.0 Å². The van der Waals surface area contributed by atoms with Gasteiger partial charge in [0.25, 0.3) is 0 Å². The summed E-state index contributed by atoms with van der Waals surface area (Å²) < 4.78 is 2.06. The van der Waals surface area contributed by atoms with Crippen molar-refractivity contribution < 1.29 is 0 Å². The van der Waals surface area contributed by atoms with E-state index in [-0.39, 0.29) is 0 Å². The Bertz CT molecular complexity index is 546. The fourth-order valence-corrected chi connectivity index (χ4v) is 2.25. The lowest BCUT2D eigenvalue weighted by Crippen LogP contribution is -2.40. The number of imidazole rings is 1. The summed E-state index contributed by atoms with van der Waals surface area (Å²) in [6.45, 7) is 2.01. The molecule has 1 N–H and O–H groups in total. The molecule has 88 valence electrons. The molecule has 17 heavy (non-hydrogen) atoms. The number of halogens is 2. The van der Waals surface area contributed by atoms with Crippen molar-refractivity contribution in [1.29, 1.82) is 0 Å². The van der Waals surface area contributed by atoms with Gasteiger partial charge in [-0.3, -0.25) is 0 Å². The van der Waals surface area contributed by atoms with E-state index in [1.807, 2.05) is 30.7 Å². The Morgan fingerprint density at radius 2 is 2.06 bits per heavy atom. The summed E-state index contributed by atoms with van der Waals surface area (Å²) in [6, 6.07) is 5.62. The van der Waals surface area contributed by atoms with Crippen molar-refractivity contribution >= 4 is 23.2 Å². The van der Waals surface area contributed by atoms with Crippen molar-refractivity contribution in [1.82, 2.24) is 14.9 Å². The third-order valence-corrected chi connectivity index (χ3v) is 3.79. The van der Waals surface area contributed by atoms with Crippen molar-refractivity contribution in [2.45, 2.75) is 5.92 Å². The van der Waals surface area contributed by atoms with E-state index in [4.69, 9.17) is 23.2 Å². The zero-order valence-corrected chi connectivity index (χ0v) is 10.5. The summed E-state index contributed by atoms with van der Waals surface area (Å²) in [5.41, 5.74) is 2.21. The Morgan fingerprint density at radius 1 is 1.24 bits per heavy atom. The van der Waals surface area contributed by atoms with Gasteiger partial charge >= 0.3 is 0 Å². The molecule has 5 heteroatoms. The van der Waals surface area contributed by atoms with E-state index < -0.39 is 0 Å². The van der Waals surface area contributed by atoms with Crippen LogP contribution >= 0.6 is 23.2 Å². The van der Waals surface area contributed by atoms with Crippen LogP contribution in [-0.2, 0) is 0 Å². The lowest BCUT2D eigenvalue weighted by molar-refractivity contribution is 0.435. The number of benzene rings is 1. The second kappa shape index (κ2) is 4.33. The smallest absolute Gasteiger partial charge is 0.0994 e. The van der Waals surface area contributed by atoms with Gasteiger partial charge in [-0.15, -0.1) is 0 Å². The third-order valence-electron chi connectivity index (χ3n) is 3.05. The predicted octanol–water partition coefficient (Wildman–Crippen LogP) is 2.87. The maximum Gasteiger partial charge on any atom is 0.0994 e. The molecule has 1 aliphatic rings. The maximum atomic E-state index is 6.03. The molecule has 0 aliphatic carbocycles. The molecule has 1 aromatic carbocycles. The number of aromatic nitrogens is 2. The van der Waals surface area contributed by atoms with E-state index in [0.29, 0.717) is 16.0 Å². The molecule has 0 saturated carbocycles. The molecule has 2 aromatic rings. The largest absolute Gasteiger partial charge is 0.315 e. The Hall–Kier alpha value is -1.03. The first-order chi connectivity index (χ1) is 8.25. The van der Waals surface area contributed by atoms with Gasteiger partial charge in [0, 0.05) is 36.6 Å². The fourth-order valence-electron chi connectivity index (χ4n) is 1.96. The second-order valence-corrected chi connectivity index (χ2v) is 4.96. The first-order valence-corrected chi connectivity index (χ1v) is 6.19. The van der Waals surface area contributed by atoms with Crippen molar-refractivity contribution in [2.75, 3.05) is 13.1 Å². The Balaban J connectivity index is 2.02. The molecule has 1 aromatic heterocycles. The summed E-state index contributed by atoms with van der Waals surface area (Å²) in [5, 5.41) is 4.40. The van der Waals surface area contributed by atoms with Crippen LogP contribution in [0.25, 0.3) is 5.69 Å². The zero-order valence-electron chi connectivity index (χ0n) is 9.03. The normalized spacial score (nSPS) is 15.9. The third kappa shape index (κ3) is 1.95. The monoisotopic (exact) mass is 267 g/mol. The Morgan fingerprint density at radius 3 is 2.71 bits per heavy atom. The van der Waals surface area contributed by atoms with E-state index in [0.717, 1.165) is 18.8 Å². The number of rotatable bonds is 2. The van der Waals surface area contributed by atoms with Gasteiger partial charge in [-0.2, -0.15) is 0 Å². The molecule has 0 amide bonds. The second-order valence-electron chi connectivity index (χ2n) is 4.14. The molecule has 0 radical (unpaired) electrons. The summed E-state index contributed by atoms with van der Waals surface area (Å²) in [7, 11) is 0. The van der Waals surface area contributed by atoms with E-state index in [9.17, 15) is 0 Å². The van der Waals surface area contributed by atoms with Crippen LogP contribution in [0.3, 0.4) is 0 Å². The predicted molar refractivity (Wildman–Crippen MR) is 69.2 cm³/mol. The molecule has 0 spiro atoms. The molecular formula is C12H11Cl2N3. The lowest BCUT2D eigenvalue weighted by atomic mass is 10.00. The van der Waals surface area contributed by atoms with E-state index >= 15 is 0 Å². The number of nitrogens with zero attached hydrogens (tertiary/aromatic N) is 2. The molecule has 2 heterocycles. The summed E-state index contributed by atoms with van der Waals surface area (Å²) in [5.74, 6) is 0.534. The van der Waals surface area contributed by atoms with Crippen molar-refractivity contribution in [3.63, 3.8) is 0 Å². The highest BCUT2D eigenvalue weighted by atomic mass is 35.5. The molecule has 1 fully saturated rings. The summed E-state index contributed by atoms with van der Waals surface area (Å²) in [6.07, 6.45) is 3.72. The topological polar surface area (TPSA) is 29.9 Å². The van der Waals surface area contributed by atoms with Crippen LogP contribution in [0.1, 0.15) is 11.6 Å². The number of hydrogen-bond donors (Lipinski definition) is 1. The average Bonchev–Trinajstić information content (AvgIpc) is 2.68. The van der Waals surface area contributed by atoms with Gasteiger partial charge in [0.1, 0.15) is 0 Å². The molecule has 1 aliphatic heterocycles. The summed E-state index contributed by atoms with van der Waals surface area (Å²) in [4.78, 5) is 4.21. The van der Waals surface area contributed by atoms with Gasteiger partial charge in [0.2, 0.25) is 0 Å². The Labute approximate surface area is 109 Å². The quantitative estimate of drug-likeness (QED) is 0.907. The number of nitrogens with one attached hydrogen (secondary N) is 1. The molecule has 0 bridgehead atoms. The van der Waals surface area contributed by atoms with E-state index in [1.54, 1.807) is 0 Å². The van der Waals surface area contributed by atoms with Gasteiger partial charge < -0.3 is 9.88 Å². The molecule has 0 atom stereocenters. The highest BCUT2D eigenvalue weighted by Gasteiger charge is 2.22. The zero-order chi connectivity index (χ0) is 11.8. The highest BCUT2D eigenvalue weighted by Crippen LogP contribution is 2.27.